The third kappa shape index (κ3) is 4.61. The summed E-state index contributed by atoms with van der Waals surface area (Å²) in [4.78, 5) is 11.4. The van der Waals surface area contributed by atoms with Crippen molar-refractivity contribution in [2.24, 2.45) is 0 Å². The minimum Gasteiger partial charge on any atom is -0.465 e. The van der Waals surface area contributed by atoms with Gasteiger partial charge < -0.3 is 4.74 Å². The minimum atomic E-state index is -4.53. The Morgan fingerprint density at radius 1 is 1.21 bits per heavy atom. The van der Waals surface area contributed by atoms with Gasteiger partial charge in [-0.05, 0) is 49.9 Å². The molecule has 0 spiro atoms. The Morgan fingerprint density at radius 3 is 2.48 bits per heavy atom. The number of nitrogens with one attached hydrogen (secondary N) is 1. The Morgan fingerprint density at radius 2 is 1.86 bits per heavy atom. The predicted octanol–water partition coefficient (Wildman–Crippen LogP) is 2.55. The molecule has 0 radical (unpaired) electrons. The lowest BCUT2D eigenvalue weighted by atomic mass is 9.95. The average molecular weight is 431 g/mol. The monoisotopic (exact) mass is 431 g/mol. The van der Waals surface area contributed by atoms with Crippen LogP contribution in [0.2, 0.25) is 0 Å². The average Bonchev–Trinajstić information content (AvgIpc) is 3.07. The van der Waals surface area contributed by atoms with Crippen LogP contribution >= 0.6 is 0 Å². The molecule has 0 bridgehead atoms. The number of hydrogen-bond donors (Lipinski definition) is 1. The summed E-state index contributed by atoms with van der Waals surface area (Å²) in [6.07, 6.45) is -2.28. The van der Waals surface area contributed by atoms with Crippen molar-refractivity contribution in [1.82, 2.24) is 14.5 Å². The molecule has 3 rings (SSSR count). The van der Waals surface area contributed by atoms with Gasteiger partial charge in [-0.25, -0.2) is 17.9 Å². The van der Waals surface area contributed by atoms with E-state index in [2.05, 4.69) is 14.6 Å². The van der Waals surface area contributed by atoms with E-state index >= 15 is 0 Å². The van der Waals surface area contributed by atoms with Crippen molar-refractivity contribution in [1.29, 1.82) is 0 Å². The number of aromatic nitrogens is 2. The van der Waals surface area contributed by atoms with Crippen LogP contribution in [-0.2, 0) is 40.3 Å². The normalized spacial score (nSPS) is 14.5. The summed E-state index contributed by atoms with van der Waals surface area (Å²) in [5.74, 6) is -0.592. The molecule has 1 aromatic heterocycles. The summed E-state index contributed by atoms with van der Waals surface area (Å²) in [6, 6.07) is 5.15. The molecule has 0 saturated carbocycles. The molecule has 158 valence electrons. The molecule has 0 aliphatic heterocycles. The number of rotatable bonds is 6. The van der Waals surface area contributed by atoms with Gasteiger partial charge in [-0.1, -0.05) is 0 Å². The molecule has 1 N–H and O–H groups in total. The van der Waals surface area contributed by atoms with Crippen LogP contribution in [0.15, 0.2) is 29.2 Å². The molecule has 1 aromatic carbocycles. The molecule has 0 unspecified atom stereocenters. The number of esters is 1. The first kappa shape index (κ1) is 21.3. The van der Waals surface area contributed by atoms with Crippen molar-refractivity contribution < 1.29 is 31.1 Å². The largest absolute Gasteiger partial charge is 0.465 e. The number of fused-ring (bicyclic) bond motifs is 1. The third-order valence-corrected chi connectivity index (χ3v) is 6.20. The van der Waals surface area contributed by atoms with Gasteiger partial charge in [-0.2, -0.15) is 18.3 Å². The molecule has 0 atom stereocenters. The number of ether oxygens (including phenoxy) is 1. The molecule has 29 heavy (non-hydrogen) atoms. The van der Waals surface area contributed by atoms with E-state index in [1.165, 1.54) is 36.1 Å². The van der Waals surface area contributed by atoms with E-state index in [1.54, 1.807) is 0 Å². The second-order valence-corrected chi connectivity index (χ2v) is 8.38. The number of hydrogen-bond acceptors (Lipinski definition) is 5. The Bertz CT molecular complexity index is 999. The molecule has 0 amide bonds. The second-order valence-electron chi connectivity index (χ2n) is 6.62. The summed E-state index contributed by atoms with van der Waals surface area (Å²) in [7, 11) is -2.67. The van der Waals surface area contributed by atoms with Gasteiger partial charge in [0, 0.05) is 17.8 Å². The molecular weight excluding hydrogens is 411 g/mol. The highest BCUT2D eigenvalue weighted by atomic mass is 32.2. The molecular formula is C18H20F3N3O4S. The van der Waals surface area contributed by atoms with Crippen molar-refractivity contribution in [3.05, 3.63) is 46.8 Å². The van der Waals surface area contributed by atoms with Crippen molar-refractivity contribution in [2.45, 2.75) is 43.3 Å². The van der Waals surface area contributed by atoms with Gasteiger partial charge in [0.1, 0.15) is 0 Å². The third-order valence-electron chi connectivity index (χ3n) is 4.73. The van der Waals surface area contributed by atoms with Gasteiger partial charge in [0.05, 0.1) is 24.1 Å². The standard InChI is InChI=1S/C18H20F3N3O4S/c1-28-17(25)12-6-8-13(9-7-12)29(26,27)22-10-11-24-15-5-3-2-4-14(15)16(23-24)18(19,20)21/h6-9,22H,2-5,10-11H2,1H3. The van der Waals surface area contributed by atoms with E-state index < -0.39 is 27.9 Å². The number of nitrogens with zero attached hydrogens (tertiary/aromatic N) is 2. The zero-order valence-corrected chi connectivity index (χ0v) is 16.4. The van der Waals surface area contributed by atoms with Gasteiger partial charge >= 0.3 is 12.1 Å². The van der Waals surface area contributed by atoms with Crippen molar-refractivity contribution in [3.8, 4) is 0 Å². The highest BCUT2D eigenvalue weighted by Gasteiger charge is 2.39. The van der Waals surface area contributed by atoms with Crippen molar-refractivity contribution in [2.75, 3.05) is 13.7 Å². The first-order valence-electron chi connectivity index (χ1n) is 8.97. The molecule has 1 aliphatic carbocycles. The number of methoxy groups -OCH3 is 1. The Labute approximate surface area is 165 Å². The van der Waals surface area contributed by atoms with Crippen LogP contribution in [0.25, 0.3) is 0 Å². The maximum absolute atomic E-state index is 13.2. The molecule has 0 saturated heterocycles. The molecule has 1 heterocycles. The predicted molar refractivity (Wildman–Crippen MR) is 96.8 cm³/mol. The molecule has 0 fully saturated rings. The van der Waals surface area contributed by atoms with Crippen LogP contribution in [0.4, 0.5) is 13.2 Å². The van der Waals surface area contributed by atoms with Crippen LogP contribution < -0.4 is 4.72 Å². The van der Waals surface area contributed by atoms with Crippen LogP contribution in [-0.4, -0.2) is 37.8 Å². The quantitative estimate of drug-likeness (QED) is 0.710. The van der Waals surface area contributed by atoms with E-state index in [0.29, 0.717) is 25.0 Å². The lowest BCUT2D eigenvalue weighted by Gasteiger charge is -2.15. The minimum absolute atomic E-state index is 0.0160. The maximum Gasteiger partial charge on any atom is 0.435 e. The Balaban J connectivity index is 1.71. The fraction of sp³-hybridized carbons (Fsp3) is 0.444. The van der Waals surface area contributed by atoms with Crippen molar-refractivity contribution in [3.63, 3.8) is 0 Å². The van der Waals surface area contributed by atoms with Gasteiger partial charge in [-0.15, -0.1) is 0 Å². The second kappa shape index (κ2) is 8.15. The Kier molecular flexibility index (Phi) is 5.99. The highest BCUT2D eigenvalue weighted by molar-refractivity contribution is 7.89. The van der Waals surface area contributed by atoms with Crippen LogP contribution in [0, 0.1) is 0 Å². The number of benzene rings is 1. The summed E-state index contributed by atoms with van der Waals surface area (Å²) in [6.45, 7) is -0.135. The lowest BCUT2D eigenvalue weighted by molar-refractivity contribution is -0.142. The zero-order valence-electron chi connectivity index (χ0n) is 15.6. The molecule has 1 aliphatic rings. The van der Waals surface area contributed by atoms with Crippen LogP contribution in [0.1, 0.15) is 40.2 Å². The van der Waals surface area contributed by atoms with E-state index in [1.807, 2.05) is 0 Å². The number of alkyl halides is 3. The fourth-order valence-corrected chi connectivity index (χ4v) is 4.36. The maximum atomic E-state index is 13.2. The van der Waals surface area contributed by atoms with E-state index in [0.717, 1.165) is 6.42 Å². The van der Waals surface area contributed by atoms with E-state index in [-0.39, 0.29) is 29.1 Å². The summed E-state index contributed by atoms with van der Waals surface area (Å²) in [5.41, 5.74) is 0.0537. The number of halogens is 3. The van der Waals surface area contributed by atoms with Crippen LogP contribution in [0.3, 0.4) is 0 Å². The fourth-order valence-electron chi connectivity index (χ4n) is 3.34. The van der Waals surface area contributed by atoms with E-state index in [9.17, 15) is 26.4 Å². The van der Waals surface area contributed by atoms with Gasteiger partial charge in [-0.3, -0.25) is 4.68 Å². The summed E-state index contributed by atoms with van der Waals surface area (Å²) < 4.78 is 72.6. The molecule has 2 aromatic rings. The molecule has 11 heteroatoms. The first-order valence-corrected chi connectivity index (χ1v) is 10.5. The van der Waals surface area contributed by atoms with Gasteiger partial charge in [0.15, 0.2) is 5.69 Å². The topological polar surface area (TPSA) is 90.3 Å². The van der Waals surface area contributed by atoms with E-state index in [4.69, 9.17) is 0 Å². The van der Waals surface area contributed by atoms with Gasteiger partial charge in [0.2, 0.25) is 10.0 Å². The first-order chi connectivity index (χ1) is 13.6. The van der Waals surface area contributed by atoms with Crippen molar-refractivity contribution >= 4 is 16.0 Å². The lowest BCUT2D eigenvalue weighted by Crippen LogP contribution is -2.28. The number of sulfonamides is 1. The number of carbonyl (C=O) groups is 1. The smallest absolute Gasteiger partial charge is 0.435 e. The SMILES string of the molecule is COC(=O)c1ccc(S(=O)(=O)NCCn2nc(C(F)(F)F)c3c2CCCC3)cc1. The Hall–Kier alpha value is -2.40. The summed E-state index contributed by atoms with van der Waals surface area (Å²) >= 11 is 0. The highest BCUT2D eigenvalue weighted by Crippen LogP contribution is 2.35. The molecule has 7 nitrogen and oxygen atoms in total. The number of carbonyl (C=O) groups excluding carboxylic acids is 1. The zero-order chi connectivity index (χ0) is 21.2. The summed E-state index contributed by atoms with van der Waals surface area (Å²) in [5, 5.41) is 3.70. The van der Waals surface area contributed by atoms with Gasteiger partial charge in [0.25, 0.3) is 0 Å². The van der Waals surface area contributed by atoms with Crippen LogP contribution in [0.5, 0.6) is 0 Å².